The van der Waals surface area contributed by atoms with Crippen LogP contribution in [0.1, 0.15) is 18.9 Å². The quantitative estimate of drug-likeness (QED) is 0.440. The van der Waals surface area contributed by atoms with Gasteiger partial charge in [-0.05, 0) is 67.8 Å². The van der Waals surface area contributed by atoms with Gasteiger partial charge in [0.25, 0.3) is 10.0 Å². The molecule has 1 atom stereocenters. The van der Waals surface area contributed by atoms with E-state index in [-0.39, 0.29) is 17.5 Å². The minimum atomic E-state index is -4.02. The third-order valence-corrected chi connectivity index (χ3v) is 7.18. The lowest BCUT2D eigenvalue weighted by molar-refractivity contribution is -0.120. The smallest absolute Gasteiger partial charge is 0.264 e. The van der Waals surface area contributed by atoms with Gasteiger partial charge in [0.15, 0.2) is 0 Å². The zero-order valence-electron chi connectivity index (χ0n) is 17.5. The standard InChI is InChI=1S/C24H24Cl2N2O3S/c1-18(10-11-19-6-3-2-4-7-19)27-24(29)17-28(22-9-5-8-21(26)16-22)32(30,31)23-14-12-20(25)13-15-23/h2-9,12-16,18H,10-11,17H2,1H3,(H,27,29)/t18-/m0/s1. The van der Waals surface area contributed by atoms with Crippen molar-refractivity contribution in [1.82, 2.24) is 5.32 Å². The molecule has 1 N–H and O–H groups in total. The number of halogens is 2. The molecule has 0 saturated heterocycles. The number of nitrogens with zero attached hydrogens (tertiary/aromatic N) is 1. The Hall–Kier alpha value is -2.54. The minimum Gasteiger partial charge on any atom is -0.352 e. The first-order valence-electron chi connectivity index (χ1n) is 10.1. The average Bonchev–Trinajstić information content (AvgIpc) is 2.77. The molecule has 32 heavy (non-hydrogen) atoms. The van der Waals surface area contributed by atoms with E-state index in [4.69, 9.17) is 23.2 Å². The van der Waals surface area contributed by atoms with Crippen LogP contribution in [0.25, 0.3) is 0 Å². The molecule has 168 valence electrons. The Morgan fingerprint density at radius 2 is 1.62 bits per heavy atom. The van der Waals surface area contributed by atoms with Gasteiger partial charge in [0.05, 0.1) is 10.6 Å². The normalized spacial score (nSPS) is 12.2. The van der Waals surface area contributed by atoms with E-state index in [1.807, 2.05) is 37.3 Å². The fourth-order valence-corrected chi connectivity index (χ4v) is 4.95. The predicted molar refractivity (Wildman–Crippen MR) is 130 cm³/mol. The monoisotopic (exact) mass is 490 g/mol. The van der Waals surface area contributed by atoms with Crippen LogP contribution in [-0.2, 0) is 21.2 Å². The fourth-order valence-electron chi connectivity index (χ4n) is 3.23. The number of sulfonamides is 1. The van der Waals surface area contributed by atoms with Gasteiger partial charge in [0, 0.05) is 16.1 Å². The van der Waals surface area contributed by atoms with Crippen LogP contribution in [0.4, 0.5) is 5.69 Å². The molecule has 3 aromatic carbocycles. The maximum absolute atomic E-state index is 13.3. The van der Waals surface area contributed by atoms with Crippen molar-refractivity contribution in [2.45, 2.75) is 30.7 Å². The number of rotatable bonds is 9. The largest absolute Gasteiger partial charge is 0.352 e. The lowest BCUT2D eigenvalue weighted by Gasteiger charge is -2.25. The van der Waals surface area contributed by atoms with Crippen LogP contribution in [0.2, 0.25) is 10.0 Å². The van der Waals surface area contributed by atoms with Crippen LogP contribution in [-0.4, -0.2) is 26.9 Å². The number of aryl methyl sites for hydroxylation is 1. The van der Waals surface area contributed by atoms with Gasteiger partial charge < -0.3 is 5.32 Å². The van der Waals surface area contributed by atoms with Gasteiger partial charge in [-0.1, -0.05) is 59.6 Å². The van der Waals surface area contributed by atoms with Crippen molar-refractivity contribution in [3.05, 3.63) is 94.5 Å². The molecule has 0 bridgehead atoms. The molecule has 0 saturated carbocycles. The van der Waals surface area contributed by atoms with Gasteiger partial charge in [0.2, 0.25) is 5.91 Å². The van der Waals surface area contributed by atoms with Crippen molar-refractivity contribution in [1.29, 1.82) is 0 Å². The Bertz CT molecular complexity index is 1150. The van der Waals surface area contributed by atoms with Gasteiger partial charge in [-0.2, -0.15) is 0 Å². The highest BCUT2D eigenvalue weighted by Crippen LogP contribution is 2.26. The van der Waals surface area contributed by atoms with Crippen LogP contribution >= 0.6 is 23.2 Å². The number of hydrogen-bond acceptors (Lipinski definition) is 3. The number of carbonyl (C=O) groups excluding carboxylic acids is 1. The summed E-state index contributed by atoms with van der Waals surface area (Å²) in [5, 5.41) is 3.69. The number of hydrogen-bond donors (Lipinski definition) is 1. The molecule has 0 fully saturated rings. The first-order chi connectivity index (χ1) is 15.3. The molecule has 0 heterocycles. The van der Waals surface area contributed by atoms with E-state index >= 15 is 0 Å². The molecule has 0 radical (unpaired) electrons. The predicted octanol–water partition coefficient (Wildman–Crippen LogP) is 5.33. The molecule has 0 aliphatic rings. The Balaban J connectivity index is 1.76. The molecule has 0 aliphatic carbocycles. The summed E-state index contributed by atoms with van der Waals surface area (Å²) in [7, 11) is -4.02. The van der Waals surface area contributed by atoms with Crippen LogP contribution in [0.15, 0.2) is 83.8 Å². The zero-order chi connectivity index (χ0) is 23.1. The van der Waals surface area contributed by atoms with Crippen molar-refractivity contribution in [2.75, 3.05) is 10.8 Å². The number of amides is 1. The Labute approximate surface area is 199 Å². The molecule has 0 aromatic heterocycles. The number of benzene rings is 3. The summed E-state index contributed by atoms with van der Waals surface area (Å²) in [6.45, 7) is 1.53. The third-order valence-electron chi connectivity index (χ3n) is 4.90. The average molecular weight is 491 g/mol. The number of carbonyl (C=O) groups is 1. The molecule has 0 spiro atoms. The molecule has 5 nitrogen and oxygen atoms in total. The van der Waals surface area contributed by atoms with Gasteiger partial charge in [-0.15, -0.1) is 0 Å². The van der Waals surface area contributed by atoms with Crippen LogP contribution in [0.5, 0.6) is 0 Å². The molecule has 0 unspecified atom stereocenters. The maximum Gasteiger partial charge on any atom is 0.264 e. The van der Waals surface area contributed by atoms with E-state index in [1.165, 1.54) is 35.9 Å². The number of anilines is 1. The van der Waals surface area contributed by atoms with Crippen molar-refractivity contribution < 1.29 is 13.2 Å². The summed E-state index contributed by atoms with van der Waals surface area (Å²) >= 11 is 12.0. The van der Waals surface area contributed by atoms with Crippen molar-refractivity contribution >= 4 is 44.8 Å². The summed E-state index contributed by atoms with van der Waals surface area (Å²) in [6.07, 6.45) is 1.54. The van der Waals surface area contributed by atoms with E-state index in [0.29, 0.717) is 15.7 Å². The van der Waals surface area contributed by atoms with E-state index in [9.17, 15) is 13.2 Å². The molecule has 3 aromatic rings. The molecule has 8 heteroatoms. The molecular weight excluding hydrogens is 467 g/mol. The third kappa shape index (κ3) is 6.48. The summed E-state index contributed by atoms with van der Waals surface area (Å²) in [4.78, 5) is 12.8. The second-order valence-corrected chi connectivity index (χ2v) is 10.2. The van der Waals surface area contributed by atoms with Gasteiger partial charge in [0.1, 0.15) is 6.54 Å². The SMILES string of the molecule is C[C@@H](CCc1ccccc1)NC(=O)CN(c1cccc(Cl)c1)S(=O)(=O)c1ccc(Cl)cc1. The summed E-state index contributed by atoms with van der Waals surface area (Å²) < 4.78 is 27.8. The van der Waals surface area contributed by atoms with E-state index < -0.39 is 15.9 Å². The Kier molecular flexibility index (Phi) is 8.18. The second kappa shape index (κ2) is 10.9. The van der Waals surface area contributed by atoms with Crippen LogP contribution < -0.4 is 9.62 Å². The van der Waals surface area contributed by atoms with Crippen molar-refractivity contribution in [3.63, 3.8) is 0 Å². The fraction of sp³-hybridized carbons (Fsp3) is 0.208. The lowest BCUT2D eigenvalue weighted by Crippen LogP contribution is -2.43. The van der Waals surface area contributed by atoms with Crippen LogP contribution in [0, 0.1) is 0 Å². The number of nitrogens with one attached hydrogen (secondary N) is 1. The maximum atomic E-state index is 13.3. The molecule has 3 rings (SSSR count). The zero-order valence-corrected chi connectivity index (χ0v) is 19.9. The highest BCUT2D eigenvalue weighted by atomic mass is 35.5. The Morgan fingerprint density at radius 3 is 2.28 bits per heavy atom. The van der Waals surface area contributed by atoms with Crippen molar-refractivity contribution in [3.8, 4) is 0 Å². The minimum absolute atomic E-state index is 0.0341. The van der Waals surface area contributed by atoms with E-state index in [2.05, 4.69) is 5.32 Å². The first kappa shape index (κ1) is 24.1. The van der Waals surface area contributed by atoms with Crippen molar-refractivity contribution in [2.24, 2.45) is 0 Å². The molecule has 1 amide bonds. The lowest BCUT2D eigenvalue weighted by atomic mass is 10.1. The van der Waals surface area contributed by atoms with Gasteiger partial charge >= 0.3 is 0 Å². The second-order valence-electron chi connectivity index (χ2n) is 7.44. The topological polar surface area (TPSA) is 66.5 Å². The summed E-state index contributed by atoms with van der Waals surface area (Å²) in [5.74, 6) is -0.400. The highest BCUT2D eigenvalue weighted by molar-refractivity contribution is 7.92. The van der Waals surface area contributed by atoms with Gasteiger partial charge in [-0.3, -0.25) is 9.10 Å². The Morgan fingerprint density at radius 1 is 0.938 bits per heavy atom. The van der Waals surface area contributed by atoms with Crippen LogP contribution in [0.3, 0.4) is 0 Å². The first-order valence-corrected chi connectivity index (χ1v) is 12.3. The molecular formula is C24H24Cl2N2O3S. The summed E-state index contributed by atoms with van der Waals surface area (Å²) in [6, 6.07) is 22.1. The van der Waals surface area contributed by atoms with E-state index in [0.717, 1.165) is 17.1 Å². The summed E-state index contributed by atoms with van der Waals surface area (Å²) in [5.41, 5.74) is 1.49. The molecule has 0 aliphatic heterocycles. The highest BCUT2D eigenvalue weighted by Gasteiger charge is 2.27. The van der Waals surface area contributed by atoms with E-state index in [1.54, 1.807) is 18.2 Å². The van der Waals surface area contributed by atoms with Gasteiger partial charge in [-0.25, -0.2) is 8.42 Å².